The molecular weight excluding hydrogens is 178 g/mol. The highest BCUT2D eigenvalue weighted by Crippen LogP contribution is 2.24. The first-order valence-electron chi connectivity index (χ1n) is 5.45. The first-order valence-corrected chi connectivity index (χ1v) is 5.45. The molecule has 1 N–H and O–H groups in total. The van der Waals surface area contributed by atoms with Gasteiger partial charge in [-0.05, 0) is 26.7 Å². The Bertz CT molecular complexity index is 201. The molecule has 14 heavy (non-hydrogen) atoms. The first kappa shape index (κ1) is 11.5. The molecule has 84 valence electrons. The van der Waals surface area contributed by atoms with Crippen LogP contribution in [-0.2, 0) is 9.53 Å². The summed E-state index contributed by atoms with van der Waals surface area (Å²) in [5.74, 6) is 0.234. The van der Waals surface area contributed by atoms with Gasteiger partial charge < -0.3 is 10.1 Å². The lowest BCUT2D eigenvalue weighted by molar-refractivity contribution is -0.127. The molecule has 1 aliphatic rings. The molecule has 3 nitrogen and oxygen atoms in total. The zero-order valence-corrected chi connectivity index (χ0v) is 9.54. The van der Waals surface area contributed by atoms with Crippen molar-refractivity contribution < 1.29 is 11.0 Å². The molecule has 1 rings (SSSR count). The molecule has 0 atom stereocenters. The highest BCUT2D eigenvalue weighted by Gasteiger charge is 2.31. The van der Waals surface area contributed by atoms with Gasteiger partial charge in [0.25, 0.3) is 0 Å². The summed E-state index contributed by atoms with van der Waals surface area (Å²) < 4.78 is 5.61. The SMILES string of the molecule is CC(C)OC1CC(NC(=O)C(C)C)C1.[HH]. The number of hydrogen-bond acceptors (Lipinski definition) is 2. The van der Waals surface area contributed by atoms with Crippen LogP contribution < -0.4 is 5.32 Å². The molecule has 0 aromatic heterocycles. The molecule has 1 amide bonds. The number of amides is 1. The summed E-state index contributed by atoms with van der Waals surface area (Å²) in [5.41, 5.74) is 0. The average Bonchev–Trinajstić information content (AvgIpc) is 1.99. The molecular formula is C11H23NO2. The van der Waals surface area contributed by atoms with E-state index in [9.17, 15) is 4.79 Å². The van der Waals surface area contributed by atoms with E-state index in [1.165, 1.54) is 0 Å². The molecule has 1 aliphatic carbocycles. The van der Waals surface area contributed by atoms with Gasteiger partial charge in [0, 0.05) is 13.4 Å². The summed E-state index contributed by atoms with van der Waals surface area (Å²) in [6.07, 6.45) is 2.59. The molecule has 0 radical (unpaired) electrons. The Labute approximate surface area is 87.7 Å². The van der Waals surface area contributed by atoms with Crippen molar-refractivity contribution in [1.29, 1.82) is 0 Å². The Hall–Kier alpha value is -0.570. The van der Waals surface area contributed by atoms with E-state index in [0.29, 0.717) is 18.2 Å². The van der Waals surface area contributed by atoms with Crippen LogP contribution in [0.25, 0.3) is 0 Å². The number of carbonyl (C=O) groups is 1. The quantitative estimate of drug-likeness (QED) is 0.755. The van der Waals surface area contributed by atoms with Gasteiger partial charge in [-0.1, -0.05) is 13.8 Å². The first-order chi connectivity index (χ1) is 6.49. The third-order valence-corrected chi connectivity index (χ3v) is 2.43. The Morgan fingerprint density at radius 1 is 1.36 bits per heavy atom. The smallest absolute Gasteiger partial charge is 0.222 e. The van der Waals surface area contributed by atoms with E-state index in [0.717, 1.165) is 12.8 Å². The predicted molar refractivity (Wildman–Crippen MR) is 58.1 cm³/mol. The molecule has 1 fully saturated rings. The van der Waals surface area contributed by atoms with Crippen LogP contribution in [-0.4, -0.2) is 24.2 Å². The van der Waals surface area contributed by atoms with Crippen molar-refractivity contribution in [3.63, 3.8) is 0 Å². The van der Waals surface area contributed by atoms with Gasteiger partial charge in [0.1, 0.15) is 0 Å². The summed E-state index contributed by atoms with van der Waals surface area (Å²) >= 11 is 0. The summed E-state index contributed by atoms with van der Waals surface area (Å²) in [5, 5.41) is 3.00. The van der Waals surface area contributed by atoms with Crippen molar-refractivity contribution >= 4 is 5.91 Å². The summed E-state index contributed by atoms with van der Waals surface area (Å²) in [4.78, 5) is 11.3. The Morgan fingerprint density at radius 2 is 1.93 bits per heavy atom. The van der Waals surface area contributed by atoms with E-state index in [1.54, 1.807) is 0 Å². The molecule has 0 aromatic rings. The van der Waals surface area contributed by atoms with E-state index in [2.05, 4.69) is 5.32 Å². The third-order valence-electron chi connectivity index (χ3n) is 2.43. The fourth-order valence-electron chi connectivity index (χ4n) is 1.55. The highest BCUT2D eigenvalue weighted by molar-refractivity contribution is 5.78. The van der Waals surface area contributed by atoms with Gasteiger partial charge in [-0.15, -0.1) is 0 Å². The number of rotatable bonds is 4. The molecule has 0 heterocycles. The van der Waals surface area contributed by atoms with Crippen molar-refractivity contribution in [3.8, 4) is 0 Å². The van der Waals surface area contributed by atoms with Gasteiger partial charge in [0.15, 0.2) is 0 Å². The maximum Gasteiger partial charge on any atom is 0.222 e. The second-order valence-corrected chi connectivity index (χ2v) is 4.64. The van der Waals surface area contributed by atoms with Crippen LogP contribution in [0.15, 0.2) is 0 Å². The lowest BCUT2D eigenvalue weighted by atomic mass is 9.88. The second-order valence-electron chi connectivity index (χ2n) is 4.64. The Balaban J connectivity index is 0.00000196. The zero-order chi connectivity index (χ0) is 10.7. The van der Waals surface area contributed by atoms with E-state index >= 15 is 0 Å². The summed E-state index contributed by atoms with van der Waals surface area (Å²) in [6, 6.07) is 0.341. The molecule has 0 bridgehead atoms. The number of ether oxygens (including phenoxy) is 1. The van der Waals surface area contributed by atoms with Crippen LogP contribution in [0.4, 0.5) is 0 Å². The molecule has 0 spiro atoms. The fraction of sp³-hybridized carbons (Fsp3) is 0.909. The van der Waals surface area contributed by atoms with Gasteiger partial charge >= 0.3 is 0 Å². The maximum atomic E-state index is 11.3. The predicted octanol–water partition coefficient (Wildman–Crippen LogP) is 1.96. The number of hydrogen-bond donors (Lipinski definition) is 1. The van der Waals surface area contributed by atoms with Crippen LogP contribution in [0.2, 0.25) is 0 Å². The van der Waals surface area contributed by atoms with Crippen molar-refractivity contribution in [2.75, 3.05) is 0 Å². The minimum atomic E-state index is 0. The van der Waals surface area contributed by atoms with E-state index in [4.69, 9.17) is 4.74 Å². The van der Waals surface area contributed by atoms with Crippen LogP contribution >= 0.6 is 0 Å². The van der Waals surface area contributed by atoms with Crippen LogP contribution in [0.5, 0.6) is 0 Å². The van der Waals surface area contributed by atoms with Gasteiger partial charge in [-0.25, -0.2) is 0 Å². The molecule has 0 aliphatic heterocycles. The van der Waals surface area contributed by atoms with Crippen molar-refractivity contribution in [2.45, 2.75) is 58.8 Å². The lowest BCUT2D eigenvalue weighted by Gasteiger charge is -2.37. The van der Waals surface area contributed by atoms with Gasteiger partial charge in [0.05, 0.1) is 12.2 Å². The standard InChI is InChI=1S/C11H21NO2.H2/c1-7(2)11(13)12-9-5-10(6-9)14-8(3)4;/h7-10H,5-6H2,1-4H3,(H,12,13);1H. The number of nitrogens with one attached hydrogen (secondary N) is 1. The maximum absolute atomic E-state index is 11.3. The van der Waals surface area contributed by atoms with Crippen molar-refractivity contribution in [2.24, 2.45) is 5.92 Å². The number of carbonyl (C=O) groups excluding carboxylic acids is 1. The molecule has 3 heteroatoms. The Morgan fingerprint density at radius 3 is 2.36 bits per heavy atom. The fourth-order valence-corrected chi connectivity index (χ4v) is 1.55. The largest absolute Gasteiger partial charge is 0.375 e. The molecule has 1 saturated carbocycles. The van der Waals surface area contributed by atoms with Crippen LogP contribution in [0.1, 0.15) is 42.0 Å². The van der Waals surface area contributed by atoms with E-state index in [1.807, 2.05) is 27.7 Å². The van der Waals surface area contributed by atoms with Crippen LogP contribution in [0.3, 0.4) is 0 Å². The zero-order valence-electron chi connectivity index (χ0n) is 9.54. The summed E-state index contributed by atoms with van der Waals surface area (Å²) in [6.45, 7) is 7.91. The van der Waals surface area contributed by atoms with E-state index in [-0.39, 0.29) is 13.3 Å². The second kappa shape index (κ2) is 4.78. The van der Waals surface area contributed by atoms with E-state index < -0.39 is 0 Å². The van der Waals surface area contributed by atoms with Gasteiger partial charge in [-0.2, -0.15) is 0 Å². The topological polar surface area (TPSA) is 38.3 Å². The monoisotopic (exact) mass is 201 g/mol. The normalized spacial score (nSPS) is 26.4. The Kier molecular flexibility index (Phi) is 3.93. The van der Waals surface area contributed by atoms with Gasteiger partial charge in [-0.3, -0.25) is 4.79 Å². The molecule has 0 unspecified atom stereocenters. The minimum absolute atomic E-state index is 0. The van der Waals surface area contributed by atoms with Crippen molar-refractivity contribution in [1.82, 2.24) is 5.32 Å². The van der Waals surface area contributed by atoms with Gasteiger partial charge in [0.2, 0.25) is 5.91 Å². The molecule has 0 saturated heterocycles. The molecule has 0 aromatic carbocycles. The lowest BCUT2D eigenvalue weighted by Crippen LogP contribution is -2.49. The highest BCUT2D eigenvalue weighted by atomic mass is 16.5. The third kappa shape index (κ3) is 3.29. The average molecular weight is 201 g/mol. The van der Waals surface area contributed by atoms with Crippen LogP contribution in [0, 0.1) is 5.92 Å². The van der Waals surface area contributed by atoms with Crippen molar-refractivity contribution in [3.05, 3.63) is 0 Å². The minimum Gasteiger partial charge on any atom is -0.375 e. The summed E-state index contributed by atoms with van der Waals surface area (Å²) in [7, 11) is 0.